The van der Waals surface area contributed by atoms with Crippen molar-refractivity contribution in [1.82, 2.24) is 0 Å². The number of ether oxygens (including phenoxy) is 4. The average molecular weight is 675 g/mol. The lowest BCUT2D eigenvalue weighted by Crippen LogP contribution is -2.59. The van der Waals surface area contributed by atoms with Crippen molar-refractivity contribution in [3.8, 4) is 0 Å². The standard InChI is InChI=1S/C37H70O10/c1-3-5-7-9-11-13-15-16-18-19-21-23-25-32(39)44-28-30(29-45-37-36(43)35(42)34(41)31(27-38)47-37)46-33(40)26-24-22-20-17-14-12-10-8-6-4-2/h30-31,34-38,41-43H,3-29H2,1-2H3/t30?,31-,34+,35+,36-,37-/m1/s1. The Morgan fingerprint density at radius 1 is 0.574 bits per heavy atom. The Morgan fingerprint density at radius 3 is 1.45 bits per heavy atom. The summed E-state index contributed by atoms with van der Waals surface area (Å²) < 4.78 is 22.0. The zero-order chi connectivity index (χ0) is 34.5. The third kappa shape index (κ3) is 22.1. The minimum Gasteiger partial charge on any atom is -0.462 e. The van der Waals surface area contributed by atoms with E-state index in [2.05, 4.69) is 13.8 Å². The molecule has 0 amide bonds. The lowest BCUT2D eigenvalue weighted by Gasteiger charge is -2.39. The number of carbonyl (C=O) groups is 2. The second-order valence-corrected chi connectivity index (χ2v) is 13.4. The summed E-state index contributed by atoms with van der Waals surface area (Å²) in [6.07, 6.45) is 18.3. The molecule has 10 nitrogen and oxygen atoms in total. The summed E-state index contributed by atoms with van der Waals surface area (Å²) in [6, 6.07) is 0. The Balaban J connectivity index is 2.40. The first-order valence-corrected chi connectivity index (χ1v) is 19.1. The summed E-state index contributed by atoms with van der Waals surface area (Å²) in [5.41, 5.74) is 0. The van der Waals surface area contributed by atoms with Crippen molar-refractivity contribution in [2.75, 3.05) is 19.8 Å². The van der Waals surface area contributed by atoms with Crippen molar-refractivity contribution in [2.45, 2.75) is 205 Å². The van der Waals surface area contributed by atoms with Crippen LogP contribution in [0.3, 0.4) is 0 Å². The smallest absolute Gasteiger partial charge is 0.306 e. The monoisotopic (exact) mass is 674 g/mol. The Bertz CT molecular complexity index is 749. The minimum atomic E-state index is -1.59. The minimum absolute atomic E-state index is 0.210. The molecule has 47 heavy (non-hydrogen) atoms. The van der Waals surface area contributed by atoms with Gasteiger partial charge in [-0.05, 0) is 12.8 Å². The summed E-state index contributed by atoms with van der Waals surface area (Å²) in [5.74, 6) is -0.801. The summed E-state index contributed by atoms with van der Waals surface area (Å²) in [6.45, 7) is 3.39. The fourth-order valence-electron chi connectivity index (χ4n) is 5.89. The highest BCUT2D eigenvalue weighted by molar-refractivity contribution is 5.70. The number of aliphatic hydroxyl groups is 4. The molecule has 0 saturated carbocycles. The highest BCUT2D eigenvalue weighted by Crippen LogP contribution is 2.22. The number of esters is 2. The van der Waals surface area contributed by atoms with Crippen LogP contribution in [0, 0.1) is 0 Å². The van der Waals surface area contributed by atoms with Gasteiger partial charge in [-0.15, -0.1) is 0 Å². The van der Waals surface area contributed by atoms with Gasteiger partial charge in [0.1, 0.15) is 31.0 Å². The first kappa shape index (κ1) is 43.7. The highest BCUT2D eigenvalue weighted by atomic mass is 16.7. The fourth-order valence-corrected chi connectivity index (χ4v) is 5.89. The van der Waals surface area contributed by atoms with Crippen LogP contribution >= 0.6 is 0 Å². The molecule has 1 fully saturated rings. The van der Waals surface area contributed by atoms with Gasteiger partial charge in [0.2, 0.25) is 0 Å². The van der Waals surface area contributed by atoms with E-state index >= 15 is 0 Å². The molecule has 0 aromatic rings. The molecule has 0 aromatic carbocycles. The lowest BCUT2D eigenvalue weighted by atomic mass is 9.99. The van der Waals surface area contributed by atoms with Crippen LogP contribution in [0.15, 0.2) is 0 Å². The number of hydrogen-bond donors (Lipinski definition) is 4. The first-order valence-electron chi connectivity index (χ1n) is 19.1. The second kappa shape index (κ2) is 29.6. The lowest BCUT2D eigenvalue weighted by molar-refractivity contribution is -0.305. The zero-order valence-corrected chi connectivity index (χ0v) is 29.8. The van der Waals surface area contributed by atoms with E-state index in [1.165, 1.54) is 96.3 Å². The molecule has 0 bridgehead atoms. The number of hydrogen-bond acceptors (Lipinski definition) is 10. The van der Waals surface area contributed by atoms with E-state index in [9.17, 15) is 30.0 Å². The van der Waals surface area contributed by atoms with Crippen LogP contribution < -0.4 is 0 Å². The molecule has 278 valence electrons. The third-order valence-corrected chi connectivity index (χ3v) is 8.99. The fraction of sp³-hybridized carbons (Fsp3) is 0.946. The maximum atomic E-state index is 12.6. The van der Waals surface area contributed by atoms with Crippen LogP contribution in [0.5, 0.6) is 0 Å². The predicted molar refractivity (Wildman–Crippen MR) is 183 cm³/mol. The number of aliphatic hydroxyl groups excluding tert-OH is 4. The van der Waals surface area contributed by atoms with E-state index in [-0.39, 0.29) is 32.0 Å². The summed E-state index contributed by atoms with van der Waals surface area (Å²) in [5, 5.41) is 39.8. The molecule has 0 radical (unpaired) electrons. The summed E-state index contributed by atoms with van der Waals surface area (Å²) >= 11 is 0. The summed E-state index contributed by atoms with van der Waals surface area (Å²) in [7, 11) is 0. The van der Waals surface area contributed by atoms with Crippen LogP contribution in [0.1, 0.15) is 168 Å². The number of unbranched alkanes of at least 4 members (excludes halogenated alkanes) is 20. The molecule has 1 aliphatic heterocycles. The van der Waals surface area contributed by atoms with E-state index in [1.807, 2.05) is 0 Å². The van der Waals surface area contributed by atoms with Gasteiger partial charge < -0.3 is 39.4 Å². The molecule has 1 rings (SSSR count). The Hall–Kier alpha value is -1.30. The van der Waals surface area contributed by atoms with Gasteiger partial charge in [0, 0.05) is 12.8 Å². The number of carbonyl (C=O) groups excluding carboxylic acids is 2. The van der Waals surface area contributed by atoms with Crippen LogP contribution in [0.4, 0.5) is 0 Å². The Kier molecular flexibility index (Phi) is 27.5. The average Bonchev–Trinajstić information content (AvgIpc) is 3.06. The van der Waals surface area contributed by atoms with Gasteiger partial charge in [0.15, 0.2) is 12.4 Å². The quantitative estimate of drug-likeness (QED) is 0.0464. The van der Waals surface area contributed by atoms with Crippen molar-refractivity contribution in [1.29, 1.82) is 0 Å². The molecule has 0 aromatic heterocycles. The zero-order valence-electron chi connectivity index (χ0n) is 29.8. The van der Waals surface area contributed by atoms with Gasteiger partial charge in [-0.3, -0.25) is 9.59 Å². The largest absolute Gasteiger partial charge is 0.462 e. The van der Waals surface area contributed by atoms with E-state index in [1.54, 1.807) is 0 Å². The molecule has 1 unspecified atom stereocenters. The van der Waals surface area contributed by atoms with Gasteiger partial charge >= 0.3 is 11.9 Å². The topological polar surface area (TPSA) is 152 Å². The third-order valence-electron chi connectivity index (χ3n) is 8.99. The predicted octanol–water partition coefficient (Wildman–Crippen LogP) is 6.66. The van der Waals surface area contributed by atoms with Gasteiger partial charge in [-0.2, -0.15) is 0 Å². The van der Waals surface area contributed by atoms with Gasteiger partial charge in [-0.25, -0.2) is 0 Å². The molecule has 10 heteroatoms. The van der Waals surface area contributed by atoms with Crippen molar-refractivity contribution in [2.24, 2.45) is 0 Å². The van der Waals surface area contributed by atoms with E-state index < -0.39 is 49.4 Å². The summed E-state index contributed by atoms with van der Waals surface area (Å²) in [4.78, 5) is 25.1. The van der Waals surface area contributed by atoms with Crippen molar-refractivity contribution in [3.63, 3.8) is 0 Å². The molecule has 0 aliphatic carbocycles. The van der Waals surface area contributed by atoms with Crippen LogP contribution in [0.2, 0.25) is 0 Å². The molecule has 4 N–H and O–H groups in total. The molecule has 6 atom stereocenters. The van der Waals surface area contributed by atoms with Crippen LogP contribution in [-0.4, -0.2) is 89.0 Å². The van der Waals surface area contributed by atoms with Gasteiger partial charge in [0.05, 0.1) is 13.2 Å². The van der Waals surface area contributed by atoms with E-state index in [0.717, 1.165) is 38.5 Å². The van der Waals surface area contributed by atoms with E-state index in [0.29, 0.717) is 6.42 Å². The van der Waals surface area contributed by atoms with Crippen molar-refractivity contribution in [3.05, 3.63) is 0 Å². The van der Waals surface area contributed by atoms with E-state index in [4.69, 9.17) is 18.9 Å². The second-order valence-electron chi connectivity index (χ2n) is 13.4. The molecule has 1 saturated heterocycles. The van der Waals surface area contributed by atoms with Crippen LogP contribution in [-0.2, 0) is 28.5 Å². The van der Waals surface area contributed by atoms with Crippen LogP contribution in [0.25, 0.3) is 0 Å². The maximum absolute atomic E-state index is 12.6. The maximum Gasteiger partial charge on any atom is 0.306 e. The molecular formula is C37H70O10. The molecule has 1 heterocycles. The first-order chi connectivity index (χ1) is 22.8. The molecule has 1 aliphatic rings. The Labute approximate surface area is 285 Å². The SMILES string of the molecule is CCCCCCCCCCCCCCC(=O)OCC(CO[C@@H]1O[C@H](CO)[C@H](O)[C@H](O)[C@H]1O)OC(=O)CCCCCCCCCCCC. The highest BCUT2D eigenvalue weighted by Gasteiger charge is 2.44. The normalized spacial score (nSPS) is 21.9. The van der Waals surface area contributed by atoms with Gasteiger partial charge in [0.25, 0.3) is 0 Å². The number of rotatable bonds is 31. The van der Waals surface area contributed by atoms with Crippen molar-refractivity contribution >= 4 is 11.9 Å². The van der Waals surface area contributed by atoms with Gasteiger partial charge in [-0.1, -0.05) is 142 Å². The molecular weight excluding hydrogens is 604 g/mol. The Morgan fingerprint density at radius 2 is 1.00 bits per heavy atom. The molecule has 0 spiro atoms. The van der Waals surface area contributed by atoms with Crippen molar-refractivity contribution < 1.29 is 49.0 Å².